The summed E-state index contributed by atoms with van der Waals surface area (Å²) in [6.45, 7) is 5.64. The fourth-order valence-corrected chi connectivity index (χ4v) is 5.08. The second kappa shape index (κ2) is 10.3. The number of carbonyl (C=O) groups excluding carboxylic acids is 2. The van der Waals surface area contributed by atoms with Crippen molar-refractivity contribution in [2.75, 3.05) is 13.1 Å². The van der Waals surface area contributed by atoms with E-state index in [4.69, 9.17) is 4.74 Å². The van der Waals surface area contributed by atoms with Crippen LogP contribution in [-0.2, 0) is 19.6 Å². The Balaban J connectivity index is 1.56. The molecule has 0 aliphatic carbocycles. The van der Waals surface area contributed by atoms with Gasteiger partial charge in [0, 0.05) is 13.1 Å². The summed E-state index contributed by atoms with van der Waals surface area (Å²) in [4.78, 5) is 24.9. The third-order valence-corrected chi connectivity index (χ3v) is 7.62. The molecule has 33 heavy (non-hydrogen) atoms. The minimum absolute atomic E-state index is 0.0318. The molecule has 0 aromatic heterocycles. The quantitative estimate of drug-likeness (QED) is 0.622. The number of ether oxygens (including phenoxy) is 1. The highest BCUT2D eigenvalue weighted by molar-refractivity contribution is 7.89. The van der Waals surface area contributed by atoms with Crippen LogP contribution in [0.25, 0.3) is 0 Å². The average Bonchev–Trinajstić information content (AvgIpc) is 2.80. The Morgan fingerprint density at radius 2 is 1.82 bits per heavy atom. The van der Waals surface area contributed by atoms with E-state index in [9.17, 15) is 22.4 Å². The summed E-state index contributed by atoms with van der Waals surface area (Å²) >= 11 is 0. The van der Waals surface area contributed by atoms with Gasteiger partial charge in [-0.05, 0) is 75.1 Å². The number of carbonyl (C=O) groups is 2. The highest BCUT2D eigenvalue weighted by atomic mass is 32.2. The largest absolute Gasteiger partial charge is 0.481 e. The predicted octanol–water partition coefficient (Wildman–Crippen LogP) is 2.46. The molecule has 2 unspecified atom stereocenters. The summed E-state index contributed by atoms with van der Waals surface area (Å²) in [5, 5.41) is 0. The van der Waals surface area contributed by atoms with Crippen LogP contribution < -0.4 is 15.6 Å². The molecule has 178 valence electrons. The van der Waals surface area contributed by atoms with Gasteiger partial charge < -0.3 is 4.74 Å². The summed E-state index contributed by atoms with van der Waals surface area (Å²) in [5.74, 6) is -1.60. The first-order valence-corrected chi connectivity index (χ1v) is 12.1. The molecule has 1 heterocycles. The maximum Gasteiger partial charge on any atom is 0.279 e. The molecule has 10 heteroatoms. The van der Waals surface area contributed by atoms with Crippen molar-refractivity contribution in [1.29, 1.82) is 0 Å². The standard InChI is InChI=1S/C23H28FN3O5S/c1-15-6-4-8-21(16(15)2)32-17(3)22(28)25-26-23(29)18-7-5-13-27(14-18)33(30,31)20-11-9-19(24)10-12-20/h4,6,8-12,17-18H,5,7,13-14H2,1-3H3,(H,25,28)(H,26,29). The van der Waals surface area contributed by atoms with E-state index < -0.39 is 39.7 Å². The zero-order chi connectivity index (χ0) is 24.2. The van der Waals surface area contributed by atoms with Crippen LogP contribution in [0.4, 0.5) is 4.39 Å². The predicted molar refractivity (Wildman–Crippen MR) is 120 cm³/mol. The number of piperidine rings is 1. The molecule has 1 saturated heterocycles. The fourth-order valence-electron chi connectivity index (χ4n) is 3.55. The number of sulfonamides is 1. The average molecular weight is 478 g/mol. The molecule has 0 bridgehead atoms. The van der Waals surface area contributed by atoms with E-state index in [1.54, 1.807) is 13.0 Å². The molecule has 0 spiro atoms. The zero-order valence-electron chi connectivity index (χ0n) is 18.8. The SMILES string of the molecule is Cc1cccc(OC(C)C(=O)NNC(=O)C2CCCN(S(=O)(=O)c3ccc(F)cc3)C2)c1C. The Bertz CT molecular complexity index is 1120. The molecule has 8 nitrogen and oxygen atoms in total. The number of hydrogen-bond acceptors (Lipinski definition) is 5. The topological polar surface area (TPSA) is 105 Å². The molecule has 2 amide bonds. The molecule has 0 saturated carbocycles. The van der Waals surface area contributed by atoms with Gasteiger partial charge in [-0.15, -0.1) is 0 Å². The zero-order valence-corrected chi connectivity index (χ0v) is 19.6. The van der Waals surface area contributed by atoms with Crippen molar-refractivity contribution in [1.82, 2.24) is 15.2 Å². The van der Waals surface area contributed by atoms with E-state index in [0.717, 1.165) is 23.3 Å². The number of hydrogen-bond donors (Lipinski definition) is 2. The van der Waals surface area contributed by atoms with Crippen LogP contribution in [0.3, 0.4) is 0 Å². The third-order valence-electron chi connectivity index (χ3n) is 5.74. The lowest BCUT2D eigenvalue weighted by molar-refractivity contribution is -0.134. The van der Waals surface area contributed by atoms with Gasteiger partial charge in [-0.25, -0.2) is 12.8 Å². The number of halogens is 1. The number of amides is 2. The van der Waals surface area contributed by atoms with Crippen molar-refractivity contribution in [3.05, 3.63) is 59.4 Å². The number of nitrogens with one attached hydrogen (secondary N) is 2. The fraction of sp³-hybridized carbons (Fsp3) is 0.391. The van der Waals surface area contributed by atoms with Crippen LogP contribution in [0, 0.1) is 25.6 Å². The molecular formula is C23H28FN3O5S. The van der Waals surface area contributed by atoms with Gasteiger partial charge >= 0.3 is 0 Å². The molecule has 2 N–H and O–H groups in total. The van der Waals surface area contributed by atoms with Crippen LogP contribution in [0.1, 0.15) is 30.9 Å². The molecule has 1 aliphatic heterocycles. The molecule has 0 radical (unpaired) electrons. The number of aryl methyl sites for hydroxylation is 1. The number of nitrogens with zero attached hydrogens (tertiary/aromatic N) is 1. The van der Waals surface area contributed by atoms with Gasteiger partial charge in [0.2, 0.25) is 15.9 Å². The summed E-state index contributed by atoms with van der Waals surface area (Å²) in [6.07, 6.45) is 0.108. The highest BCUT2D eigenvalue weighted by Gasteiger charge is 2.33. The van der Waals surface area contributed by atoms with Crippen LogP contribution >= 0.6 is 0 Å². The molecule has 2 aromatic rings. The summed E-state index contributed by atoms with van der Waals surface area (Å²) in [7, 11) is -3.85. The lowest BCUT2D eigenvalue weighted by atomic mass is 9.99. The monoisotopic (exact) mass is 477 g/mol. The van der Waals surface area contributed by atoms with E-state index in [1.165, 1.54) is 16.4 Å². The number of rotatable bonds is 6. The van der Waals surface area contributed by atoms with Gasteiger partial charge in [-0.3, -0.25) is 20.4 Å². The van der Waals surface area contributed by atoms with Gasteiger partial charge in [0.25, 0.3) is 5.91 Å². The number of hydrazine groups is 1. The van der Waals surface area contributed by atoms with Crippen molar-refractivity contribution in [3.63, 3.8) is 0 Å². The van der Waals surface area contributed by atoms with Gasteiger partial charge in [-0.2, -0.15) is 4.31 Å². The Hall–Kier alpha value is -2.98. The number of benzene rings is 2. The Morgan fingerprint density at radius 1 is 1.12 bits per heavy atom. The van der Waals surface area contributed by atoms with E-state index in [0.29, 0.717) is 18.6 Å². The van der Waals surface area contributed by atoms with E-state index >= 15 is 0 Å². The lowest BCUT2D eigenvalue weighted by Gasteiger charge is -2.31. The minimum Gasteiger partial charge on any atom is -0.481 e. The Labute approximate surface area is 193 Å². The van der Waals surface area contributed by atoms with Crippen LogP contribution in [0.2, 0.25) is 0 Å². The van der Waals surface area contributed by atoms with Crippen LogP contribution in [0.5, 0.6) is 5.75 Å². The summed E-state index contributed by atoms with van der Waals surface area (Å²) in [5.41, 5.74) is 6.68. The molecule has 2 aromatic carbocycles. The Morgan fingerprint density at radius 3 is 2.52 bits per heavy atom. The van der Waals surface area contributed by atoms with E-state index in [-0.39, 0.29) is 18.0 Å². The maximum atomic E-state index is 13.1. The van der Waals surface area contributed by atoms with E-state index in [2.05, 4.69) is 10.9 Å². The normalized spacial score (nSPS) is 17.8. The van der Waals surface area contributed by atoms with E-state index in [1.807, 2.05) is 26.0 Å². The summed E-state index contributed by atoms with van der Waals surface area (Å²) < 4.78 is 45.7. The van der Waals surface area contributed by atoms with Gasteiger partial charge in [0.1, 0.15) is 11.6 Å². The molecule has 1 fully saturated rings. The third kappa shape index (κ3) is 5.88. The Kier molecular flexibility index (Phi) is 7.70. The summed E-state index contributed by atoms with van der Waals surface area (Å²) in [6, 6.07) is 10.1. The van der Waals surface area contributed by atoms with Crippen molar-refractivity contribution < 1.29 is 27.1 Å². The second-order valence-corrected chi connectivity index (χ2v) is 10.0. The maximum absolute atomic E-state index is 13.1. The smallest absolute Gasteiger partial charge is 0.279 e. The second-order valence-electron chi connectivity index (χ2n) is 8.09. The van der Waals surface area contributed by atoms with Crippen molar-refractivity contribution in [3.8, 4) is 5.75 Å². The van der Waals surface area contributed by atoms with Crippen molar-refractivity contribution in [2.45, 2.75) is 44.6 Å². The van der Waals surface area contributed by atoms with Crippen molar-refractivity contribution >= 4 is 21.8 Å². The lowest BCUT2D eigenvalue weighted by Crippen LogP contribution is -2.52. The molecular weight excluding hydrogens is 449 g/mol. The van der Waals surface area contributed by atoms with Crippen LogP contribution in [0.15, 0.2) is 47.4 Å². The van der Waals surface area contributed by atoms with Crippen LogP contribution in [-0.4, -0.2) is 43.7 Å². The molecule has 1 aliphatic rings. The van der Waals surface area contributed by atoms with Gasteiger partial charge in [0.15, 0.2) is 6.10 Å². The van der Waals surface area contributed by atoms with Gasteiger partial charge in [0.05, 0.1) is 10.8 Å². The van der Waals surface area contributed by atoms with Gasteiger partial charge in [-0.1, -0.05) is 12.1 Å². The first-order chi connectivity index (χ1) is 15.6. The first-order valence-electron chi connectivity index (χ1n) is 10.7. The minimum atomic E-state index is -3.85. The van der Waals surface area contributed by atoms with Crippen molar-refractivity contribution in [2.24, 2.45) is 5.92 Å². The molecule has 2 atom stereocenters. The highest BCUT2D eigenvalue weighted by Crippen LogP contribution is 2.24. The molecule has 3 rings (SSSR count). The first kappa shape index (κ1) is 24.7.